The second-order valence-electron chi connectivity index (χ2n) is 6.87. The minimum Gasteiger partial charge on any atom is -0.352 e. The predicted molar refractivity (Wildman–Crippen MR) is 113 cm³/mol. The van der Waals surface area contributed by atoms with Gasteiger partial charge in [-0.3, -0.25) is 14.4 Å². The third kappa shape index (κ3) is 3.59. The molecule has 0 radical (unpaired) electrons. The van der Waals surface area contributed by atoms with E-state index in [1.807, 2.05) is 0 Å². The highest BCUT2D eigenvalue weighted by Gasteiger charge is 2.37. The summed E-state index contributed by atoms with van der Waals surface area (Å²) in [6.07, 6.45) is 1.05. The number of nitrogens with one attached hydrogen (secondary N) is 1. The fourth-order valence-corrected chi connectivity index (χ4v) is 4.67. The average molecular weight is 435 g/mol. The average Bonchev–Trinajstić information content (AvgIpc) is 3.18. The van der Waals surface area contributed by atoms with Crippen LogP contribution in [0.25, 0.3) is 16.8 Å². The fraction of sp³-hybridized carbons (Fsp3) is 0.0909. The first-order valence-corrected chi connectivity index (χ1v) is 10.8. The number of aromatic nitrogens is 2. The monoisotopic (exact) mass is 435 g/mol. The van der Waals surface area contributed by atoms with Crippen molar-refractivity contribution >= 4 is 33.1 Å². The van der Waals surface area contributed by atoms with Crippen molar-refractivity contribution in [3.63, 3.8) is 0 Å². The maximum Gasteiger partial charge on any atom is 0.283 e. The lowest BCUT2D eigenvalue weighted by molar-refractivity contribution is -0.118. The van der Waals surface area contributed by atoms with E-state index in [1.165, 1.54) is 19.1 Å². The van der Waals surface area contributed by atoms with E-state index in [0.29, 0.717) is 5.56 Å². The van der Waals surface area contributed by atoms with Crippen molar-refractivity contribution < 1.29 is 22.8 Å². The quantitative estimate of drug-likeness (QED) is 0.614. The van der Waals surface area contributed by atoms with Gasteiger partial charge in [-0.05, 0) is 18.2 Å². The Balaban J connectivity index is 2.03. The lowest BCUT2D eigenvalue weighted by Crippen LogP contribution is -2.29. The van der Waals surface area contributed by atoms with Crippen LogP contribution >= 0.6 is 0 Å². The zero-order valence-electron chi connectivity index (χ0n) is 16.4. The van der Waals surface area contributed by atoms with Gasteiger partial charge in [0.2, 0.25) is 17.5 Å². The molecule has 1 aliphatic carbocycles. The molecule has 31 heavy (non-hydrogen) atoms. The Labute approximate surface area is 178 Å². The molecular formula is C22H17N3O5S. The van der Waals surface area contributed by atoms with Crippen molar-refractivity contribution in [2.24, 2.45) is 0 Å². The van der Waals surface area contributed by atoms with E-state index in [0.717, 1.165) is 10.2 Å². The minimum absolute atomic E-state index is 0.0249. The van der Waals surface area contributed by atoms with Crippen LogP contribution in [-0.2, 0) is 19.6 Å². The van der Waals surface area contributed by atoms with E-state index in [2.05, 4.69) is 10.4 Å². The Morgan fingerprint density at radius 3 is 2.23 bits per heavy atom. The van der Waals surface area contributed by atoms with Gasteiger partial charge in [-0.2, -0.15) is 17.6 Å². The molecule has 1 heterocycles. The van der Waals surface area contributed by atoms with Gasteiger partial charge in [0.25, 0.3) is 10.0 Å². The van der Waals surface area contributed by atoms with Gasteiger partial charge in [-0.25, -0.2) is 0 Å². The molecule has 3 aromatic rings. The Morgan fingerprint density at radius 2 is 1.61 bits per heavy atom. The van der Waals surface area contributed by atoms with Crippen LogP contribution in [0.5, 0.6) is 0 Å². The summed E-state index contributed by atoms with van der Waals surface area (Å²) in [6, 6.07) is 16.2. The van der Waals surface area contributed by atoms with Crippen LogP contribution in [0.15, 0.2) is 71.6 Å². The number of benzene rings is 2. The van der Waals surface area contributed by atoms with Gasteiger partial charge in [0.05, 0.1) is 16.2 Å². The number of hydrogen-bond acceptors (Lipinski definition) is 6. The fourth-order valence-electron chi connectivity index (χ4n) is 3.33. The largest absolute Gasteiger partial charge is 0.352 e. The van der Waals surface area contributed by atoms with Crippen molar-refractivity contribution in [3.05, 3.63) is 78.0 Å². The van der Waals surface area contributed by atoms with Crippen LogP contribution in [0.3, 0.4) is 0 Å². The lowest BCUT2D eigenvalue weighted by atomic mass is 9.91. The van der Waals surface area contributed by atoms with Crippen molar-refractivity contribution in [2.45, 2.75) is 11.8 Å². The highest BCUT2D eigenvalue weighted by atomic mass is 32.2. The Morgan fingerprint density at radius 1 is 1.00 bits per heavy atom. The summed E-state index contributed by atoms with van der Waals surface area (Å²) in [6.45, 7) is 1.16. The molecule has 0 atom stereocenters. The van der Waals surface area contributed by atoms with Crippen LogP contribution in [0, 0.1) is 0 Å². The summed E-state index contributed by atoms with van der Waals surface area (Å²) in [7, 11) is -4.19. The molecule has 0 spiro atoms. The number of ketones is 2. The van der Waals surface area contributed by atoms with Crippen LogP contribution in [0.2, 0.25) is 0 Å². The molecule has 4 rings (SSSR count). The van der Waals surface area contributed by atoms with Crippen LogP contribution < -0.4 is 5.32 Å². The summed E-state index contributed by atoms with van der Waals surface area (Å²) < 4.78 is 27.6. The van der Waals surface area contributed by atoms with E-state index in [9.17, 15) is 22.8 Å². The summed E-state index contributed by atoms with van der Waals surface area (Å²) in [5, 5.41) is 6.83. The number of amides is 1. The van der Waals surface area contributed by atoms with Gasteiger partial charge in [-0.15, -0.1) is 0 Å². The number of fused-ring (bicyclic) bond motifs is 1. The van der Waals surface area contributed by atoms with Gasteiger partial charge in [0.1, 0.15) is 5.69 Å². The number of carbonyl (C=O) groups is 3. The van der Waals surface area contributed by atoms with E-state index in [1.54, 1.807) is 48.5 Å². The molecule has 9 heteroatoms. The maximum absolute atomic E-state index is 13.4. The van der Waals surface area contributed by atoms with Crippen LogP contribution in [0.4, 0.5) is 0 Å². The first kappa shape index (κ1) is 20.4. The molecule has 0 aliphatic heterocycles. The predicted octanol–water partition coefficient (Wildman–Crippen LogP) is 2.07. The van der Waals surface area contributed by atoms with Crippen LogP contribution in [0.1, 0.15) is 23.0 Å². The second-order valence-corrected chi connectivity index (χ2v) is 8.64. The molecule has 1 N–H and O–H groups in total. The molecule has 0 unspecified atom stereocenters. The number of Topliss-reactive ketones (excluding diaryl/α,β-unsaturated/α-hetero) is 1. The van der Waals surface area contributed by atoms with Crippen LogP contribution in [-0.4, -0.2) is 41.6 Å². The molecule has 156 valence electrons. The Bertz CT molecular complexity index is 1340. The molecule has 1 amide bonds. The lowest BCUT2D eigenvalue weighted by Gasteiger charge is -2.16. The molecule has 0 saturated heterocycles. The third-order valence-corrected chi connectivity index (χ3v) is 6.35. The zero-order valence-corrected chi connectivity index (χ0v) is 17.2. The SMILES string of the molecule is CC(=O)NCC1=CC(=O)C(=O)c2c(-c3ccccc3)nn(S(=O)(=O)c3ccccc3)c21. The van der Waals surface area contributed by atoms with Gasteiger partial charge < -0.3 is 5.32 Å². The van der Waals surface area contributed by atoms with Gasteiger partial charge in [-0.1, -0.05) is 48.5 Å². The molecular weight excluding hydrogens is 418 g/mol. The highest BCUT2D eigenvalue weighted by Crippen LogP contribution is 2.35. The maximum atomic E-state index is 13.4. The van der Waals surface area contributed by atoms with E-state index < -0.39 is 21.6 Å². The molecule has 0 saturated carbocycles. The first-order chi connectivity index (χ1) is 14.8. The van der Waals surface area contributed by atoms with E-state index in [-0.39, 0.29) is 39.9 Å². The molecule has 0 bridgehead atoms. The van der Waals surface area contributed by atoms with Crippen molar-refractivity contribution in [1.29, 1.82) is 0 Å². The topological polar surface area (TPSA) is 115 Å². The number of hydrogen-bond donors (Lipinski definition) is 1. The van der Waals surface area contributed by atoms with Gasteiger partial charge in [0, 0.05) is 24.6 Å². The summed E-state index contributed by atoms with van der Waals surface area (Å²) in [4.78, 5) is 36.7. The number of allylic oxidation sites excluding steroid dienone is 1. The highest BCUT2D eigenvalue weighted by molar-refractivity contribution is 7.89. The normalized spacial score (nSPS) is 13.5. The minimum atomic E-state index is -4.19. The zero-order chi connectivity index (χ0) is 22.2. The van der Waals surface area contributed by atoms with E-state index in [4.69, 9.17) is 0 Å². The summed E-state index contributed by atoms with van der Waals surface area (Å²) in [5.41, 5.74) is 0.633. The smallest absolute Gasteiger partial charge is 0.283 e. The number of carbonyl (C=O) groups excluding carboxylic acids is 3. The molecule has 8 nitrogen and oxygen atoms in total. The van der Waals surface area contributed by atoms with Crippen molar-refractivity contribution in [3.8, 4) is 11.3 Å². The Kier molecular flexibility index (Phi) is 5.12. The Hall–Kier alpha value is -3.85. The standard InChI is InChI=1S/C22H17N3O5S/c1-14(26)23-13-16-12-18(27)22(28)19-20(15-8-4-2-5-9-15)24-25(21(16)19)31(29,30)17-10-6-3-7-11-17/h2-12H,13H2,1H3,(H,23,26). The van der Waals surface area contributed by atoms with Gasteiger partial charge in [0.15, 0.2) is 0 Å². The molecule has 1 aromatic heterocycles. The summed E-state index contributed by atoms with van der Waals surface area (Å²) in [5.74, 6) is -2.02. The number of nitrogens with zero attached hydrogens (tertiary/aromatic N) is 2. The van der Waals surface area contributed by atoms with Crippen molar-refractivity contribution in [2.75, 3.05) is 6.54 Å². The van der Waals surface area contributed by atoms with Crippen molar-refractivity contribution in [1.82, 2.24) is 14.5 Å². The first-order valence-electron chi connectivity index (χ1n) is 9.34. The second kappa shape index (κ2) is 7.77. The number of rotatable bonds is 5. The molecule has 2 aromatic carbocycles. The molecule has 1 aliphatic rings. The summed E-state index contributed by atoms with van der Waals surface area (Å²) >= 11 is 0. The third-order valence-electron chi connectivity index (χ3n) is 4.76. The van der Waals surface area contributed by atoms with E-state index >= 15 is 0 Å². The molecule has 0 fully saturated rings. The van der Waals surface area contributed by atoms with Gasteiger partial charge >= 0.3 is 0 Å².